The van der Waals surface area contributed by atoms with Gasteiger partial charge in [0.25, 0.3) is 0 Å². The Morgan fingerprint density at radius 3 is 1.04 bits per heavy atom. The summed E-state index contributed by atoms with van der Waals surface area (Å²) in [4.78, 5) is 35.1. The minimum absolute atomic E-state index is 0. The largest absolute Gasteiger partial charge is 0.489 e. The van der Waals surface area contributed by atoms with Crippen molar-refractivity contribution in [2.45, 2.75) is 147 Å². The van der Waals surface area contributed by atoms with Crippen molar-refractivity contribution < 1.29 is 33.2 Å². The minimum Gasteiger partial charge on any atom is -0.489 e. The molecule has 0 saturated carbocycles. The van der Waals surface area contributed by atoms with Gasteiger partial charge in [0, 0.05) is 67.6 Å². The molecule has 0 atom stereocenters. The van der Waals surface area contributed by atoms with Crippen molar-refractivity contribution in [3.63, 3.8) is 0 Å². The second-order valence-corrected chi connectivity index (χ2v) is 15.9. The van der Waals surface area contributed by atoms with Crippen LogP contribution in [0.2, 0.25) is 0 Å². The Bertz CT molecular complexity index is 1740. The van der Waals surface area contributed by atoms with Gasteiger partial charge in [-0.3, -0.25) is 4.98 Å². The number of pyridine rings is 3. The molecule has 71 heavy (non-hydrogen) atoms. The standard InChI is InChI=1S/3C8H11NO.4C7H10N2O.CH4/c3*1-7(2)10-8-5-3-4-6-9-8;1-6(2)10-7-3-8-5-9-4-7;1-6(2)10-7-5-8-3-4-9-7;1-6(2)10-7-3-4-8-9-5-7;1-6(2)10-7-8-4-3-5-9-7;/h3*3-7H,1-2H3;4*3-6H,1-2H3;1H4. The molecule has 0 aliphatic heterocycles. The van der Waals surface area contributed by atoms with Gasteiger partial charge in [-0.2, -0.15) is 10.2 Å². The van der Waals surface area contributed by atoms with E-state index in [-0.39, 0.29) is 50.2 Å². The number of rotatable bonds is 14. The van der Waals surface area contributed by atoms with Gasteiger partial charge >= 0.3 is 6.01 Å². The molecular weight excluding hydrogens is 903 g/mol. The summed E-state index contributed by atoms with van der Waals surface area (Å²) in [7, 11) is 0. The SMILES string of the molecule is C.CC(C)Oc1ccccn1.CC(C)Oc1ccccn1.CC(C)Oc1ccccn1.CC(C)Oc1ccnnc1.CC(C)Oc1cnccn1.CC(C)Oc1cncnc1.CC(C)Oc1ncccn1. The molecule has 0 fully saturated rings. The predicted octanol–water partition coefficient (Wildman–Crippen LogP) is 11.3. The van der Waals surface area contributed by atoms with Gasteiger partial charge in [0.15, 0.2) is 5.75 Å². The second-order valence-electron chi connectivity index (χ2n) is 15.9. The number of hydrogen-bond acceptors (Lipinski definition) is 18. The van der Waals surface area contributed by atoms with Gasteiger partial charge in [-0.05, 0) is 121 Å². The average Bonchev–Trinajstić information content (AvgIpc) is 3.31. The van der Waals surface area contributed by atoms with Crippen LogP contribution in [-0.4, -0.2) is 97.8 Å². The van der Waals surface area contributed by atoms with E-state index in [1.807, 2.05) is 152 Å². The molecule has 0 bridgehead atoms. The maximum Gasteiger partial charge on any atom is 0.316 e. The van der Waals surface area contributed by atoms with Crippen molar-refractivity contribution in [3.05, 3.63) is 147 Å². The maximum absolute atomic E-state index is 5.31. The zero-order valence-corrected chi connectivity index (χ0v) is 43.2. The molecule has 18 heteroatoms. The lowest BCUT2D eigenvalue weighted by atomic mass is 10.4. The summed E-state index contributed by atoms with van der Waals surface area (Å²) in [5, 5.41) is 7.29. The van der Waals surface area contributed by atoms with Crippen molar-refractivity contribution in [1.29, 1.82) is 0 Å². The smallest absolute Gasteiger partial charge is 0.316 e. The fraction of sp³-hybridized carbons (Fsp3) is 0.415. The highest BCUT2D eigenvalue weighted by Gasteiger charge is 2.00. The highest BCUT2D eigenvalue weighted by molar-refractivity contribution is 5.13. The topological polar surface area (TPSA) is 206 Å². The molecule has 386 valence electrons. The highest BCUT2D eigenvalue weighted by atomic mass is 16.5. The minimum atomic E-state index is 0. The first-order valence-electron chi connectivity index (χ1n) is 23.0. The van der Waals surface area contributed by atoms with Crippen LogP contribution in [0.25, 0.3) is 0 Å². The molecule has 0 aromatic carbocycles. The first-order chi connectivity index (χ1) is 33.5. The van der Waals surface area contributed by atoms with Gasteiger partial charge in [0.2, 0.25) is 23.5 Å². The normalized spacial score (nSPS) is 9.76. The van der Waals surface area contributed by atoms with Gasteiger partial charge in [-0.25, -0.2) is 39.9 Å². The van der Waals surface area contributed by atoms with Gasteiger partial charge in [-0.1, -0.05) is 25.6 Å². The summed E-state index contributed by atoms with van der Waals surface area (Å²) in [6.07, 6.45) is 22.6. The first kappa shape index (κ1) is 63.4. The van der Waals surface area contributed by atoms with Crippen molar-refractivity contribution in [2.75, 3.05) is 0 Å². The third-order valence-corrected chi connectivity index (χ3v) is 6.60. The zero-order valence-electron chi connectivity index (χ0n) is 43.2. The van der Waals surface area contributed by atoms with Gasteiger partial charge in [0.05, 0.1) is 73.7 Å². The van der Waals surface area contributed by atoms with Crippen LogP contribution >= 0.6 is 0 Å². The summed E-state index contributed by atoms with van der Waals surface area (Å²) >= 11 is 0. The Kier molecular flexibility index (Phi) is 35.9. The van der Waals surface area contributed by atoms with E-state index in [0.29, 0.717) is 29.5 Å². The molecule has 7 aromatic heterocycles. The Morgan fingerprint density at radius 1 is 0.296 bits per heavy atom. The first-order valence-corrected chi connectivity index (χ1v) is 23.0. The molecule has 0 unspecified atom stereocenters. The molecule has 7 heterocycles. The second kappa shape index (κ2) is 40.3. The lowest BCUT2D eigenvalue weighted by molar-refractivity contribution is 0.222. The Labute approximate surface area is 422 Å². The molecule has 0 N–H and O–H groups in total. The van der Waals surface area contributed by atoms with E-state index in [1.54, 1.807) is 86.5 Å². The van der Waals surface area contributed by atoms with Gasteiger partial charge in [0.1, 0.15) is 12.1 Å². The third kappa shape index (κ3) is 39.0. The van der Waals surface area contributed by atoms with E-state index in [4.69, 9.17) is 33.2 Å². The number of ether oxygens (including phenoxy) is 7. The molecule has 0 radical (unpaired) electrons. The molecule has 7 aromatic rings. The predicted molar refractivity (Wildman–Crippen MR) is 278 cm³/mol. The molecule has 0 aliphatic rings. The summed E-state index contributed by atoms with van der Waals surface area (Å²) in [5.74, 6) is 4.15. The van der Waals surface area contributed by atoms with E-state index < -0.39 is 0 Å². The van der Waals surface area contributed by atoms with Crippen LogP contribution in [0.4, 0.5) is 0 Å². The lowest BCUT2D eigenvalue weighted by Gasteiger charge is -2.06. The van der Waals surface area contributed by atoms with Crippen LogP contribution < -0.4 is 33.2 Å². The van der Waals surface area contributed by atoms with Gasteiger partial charge in [-0.15, -0.1) is 0 Å². The molecule has 0 amide bonds. The number of aromatic nitrogens is 11. The molecule has 18 nitrogen and oxygen atoms in total. The van der Waals surface area contributed by atoms with E-state index in [1.165, 1.54) is 6.33 Å². The molecular formula is C53H77N11O7. The maximum atomic E-state index is 5.31. The molecule has 0 aliphatic carbocycles. The summed E-state index contributed by atoms with van der Waals surface area (Å²) in [6, 6.07) is 20.9. The zero-order chi connectivity index (χ0) is 51.8. The number of nitrogens with zero attached hydrogens (tertiary/aromatic N) is 11. The quantitative estimate of drug-likeness (QED) is 0.0993. The van der Waals surface area contributed by atoms with Crippen LogP contribution in [0.3, 0.4) is 0 Å². The van der Waals surface area contributed by atoms with Crippen LogP contribution in [0, 0.1) is 0 Å². The van der Waals surface area contributed by atoms with E-state index in [2.05, 4.69) is 55.1 Å². The fourth-order valence-corrected chi connectivity index (χ4v) is 4.36. The van der Waals surface area contributed by atoms with E-state index in [0.717, 1.165) is 11.5 Å². The summed E-state index contributed by atoms with van der Waals surface area (Å²) in [6.45, 7) is 27.5. The average molecular weight is 980 g/mol. The number of hydrogen-bond donors (Lipinski definition) is 0. The Hall–Kier alpha value is -7.63. The van der Waals surface area contributed by atoms with E-state index in [9.17, 15) is 0 Å². The summed E-state index contributed by atoms with van der Waals surface area (Å²) in [5.41, 5.74) is 0. The molecule has 0 spiro atoms. The van der Waals surface area contributed by atoms with Crippen LogP contribution in [0.15, 0.2) is 147 Å². The van der Waals surface area contributed by atoms with Crippen molar-refractivity contribution >= 4 is 0 Å². The van der Waals surface area contributed by atoms with Crippen LogP contribution in [0.1, 0.15) is 104 Å². The Morgan fingerprint density at radius 2 is 0.690 bits per heavy atom. The third-order valence-electron chi connectivity index (χ3n) is 6.60. The summed E-state index contributed by atoms with van der Waals surface area (Å²) < 4.78 is 36.9. The van der Waals surface area contributed by atoms with Crippen molar-refractivity contribution in [1.82, 2.24) is 55.1 Å². The van der Waals surface area contributed by atoms with Crippen LogP contribution in [-0.2, 0) is 0 Å². The Balaban J connectivity index is 0.000000803. The van der Waals surface area contributed by atoms with Gasteiger partial charge < -0.3 is 33.2 Å². The lowest BCUT2D eigenvalue weighted by Crippen LogP contribution is -2.07. The van der Waals surface area contributed by atoms with Crippen molar-refractivity contribution in [3.8, 4) is 41.0 Å². The monoisotopic (exact) mass is 980 g/mol. The van der Waals surface area contributed by atoms with Crippen LogP contribution in [0.5, 0.6) is 41.0 Å². The van der Waals surface area contributed by atoms with Crippen molar-refractivity contribution in [2.24, 2.45) is 0 Å². The molecule has 7 rings (SSSR count). The van der Waals surface area contributed by atoms with E-state index >= 15 is 0 Å². The molecule has 0 saturated heterocycles. The highest BCUT2D eigenvalue weighted by Crippen LogP contribution is 2.09. The fourth-order valence-electron chi connectivity index (χ4n) is 4.36.